The minimum absolute atomic E-state index is 0.0976. The third kappa shape index (κ3) is 19.0. The molecule has 0 fully saturated rings. The molecule has 434 valence electrons. The molecule has 0 aliphatic carbocycles. The Balaban J connectivity index is 0.000000297. The van der Waals surface area contributed by atoms with Crippen LogP contribution in [-0.2, 0) is 80.9 Å². The smallest absolute Gasteiger partial charge is 0.410 e. The lowest BCUT2D eigenvalue weighted by molar-refractivity contribution is -0.144. The van der Waals surface area contributed by atoms with Gasteiger partial charge in [-0.25, -0.2) is 26.4 Å². The number of benzene rings is 6. The molecule has 0 heterocycles. The topological polar surface area (TPSA) is 205 Å². The minimum atomic E-state index is -3.54. The predicted octanol–water partition coefficient (Wildman–Crippen LogP) is 10.9. The zero-order valence-electron chi connectivity index (χ0n) is 47.9. The van der Waals surface area contributed by atoms with E-state index in [-0.39, 0.29) is 50.1 Å². The van der Waals surface area contributed by atoms with Crippen molar-refractivity contribution >= 4 is 55.5 Å². The average Bonchev–Trinajstić information content (AvgIpc) is 3.44. The van der Waals surface area contributed by atoms with Crippen LogP contribution < -0.4 is 18.1 Å². The number of carbonyl (C=O) groups is 4. The van der Waals surface area contributed by atoms with Crippen molar-refractivity contribution in [2.45, 2.75) is 85.0 Å². The molecule has 0 aliphatic rings. The van der Waals surface area contributed by atoms with E-state index in [0.29, 0.717) is 64.9 Å². The molecule has 0 bridgehead atoms. The van der Waals surface area contributed by atoms with Gasteiger partial charge in [-0.3, -0.25) is 18.2 Å². The molecular weight excluding hydrogens is 1080 g/mol. The van der Waals surface area contributed by atoms with E-state index in [1.807, 2.05) is 80.6 Å². The highest BCUT2D eigenvalue weighted by Gasteiger charge is 2.27. The zero-order valence-corrected chi connectivity index (χ0v) is 49.5. The maximum absolute atomic E-state index is 12.9. The molecule has 3 atom stereocenters. The van der Waals surface area contributed by atoms with Crippen molar-refractivity contribution in [3.8, 4) is 23.0 Å². The van der Waals surface area contributed by atoms with E-state index in [0.717, 1.165) is 43.4 Å². The van der Waals surface area contributed by atoms with E-state index < -0.39 is 38.2 Å². The monoisotopic (exact) mass is 1150 g/mol. The molecule has 18 nitrogen and oxygen atoms in total. The van der Waals surface area contributed by atoms with Gasteiger partial charge in [0.05, 0.1) is 76.7 Å². The largest absolute Gasteiger partial charge is 0.466 e. The predicted molar refractivity (Wildman–Crippen MR) is 313 cm³/mol. The van der Waals surface area contributed by atoms with Crippen LogP contribution in [-0.4, -0.2) is 117 Å². The average molecular weight is 1150 g/mol. The summed E-state index contributed by atoms with van der Waals surface area (Å²) in [7, 11) is -1.49. The first-order valence-electron chi connectivity index (χ1n) is 26.2. The first-order chi connectivity index (χ1) is 38.4. The van der Waals surface area contributed by atoms with Gasteiger partial charge >= 0.3 is 24.1 Å². The number of hydrogen-bond acceptors (Lipinski definition) is 14. The second kappa shape index (κ2) is 29.9. The first kappa shape index (κ1) is 63.7. The van der Waals surface area contributed by atoms with Crippen molar-refractivity contribution in [3.63, 3.8) is 0 Å². The number of sulfonamides is 2. The van der Waals surface area contributed by atoms with Crippen molar-refractivity contribution in [3.05, 3.63) is 179 Å². The quantitative estimate of drug-likeness (QED) is 0.0409. The Bertz CT molecular complexity index is 3290. The summed E-state index contributed by atoms with van der Waals surface area (Å²) in [6, 6.07) is 43.3. The Morgan fingerprint density at radius 2 is 0.926 bits per heavy atom. The molecule has 0 saturated heterocycles. The van der Waals surface area contributed by atoms with Crippen LogP contribution in [0.25, 0.3) is 0 Å². The SMILES string of the molecule is CCOC(=O)C(C)c1cccc(Oc2ccc(N(C)S(C)(=O)=O)cc2CN(C(=O)OC)[C@@H](C)Cc2ccccc2)c1.CCOC(=O)Cc1cccc(Oc2ccc(N(C)S(C)(=O)=O)cc2CN(C(=O)OC)[C@@H](C)Cc2ccccc2)c1. The Morgan fingerprint density at radius 3 is 1.35 bits per heavy atom. The van der Waals surface area contributed by atoms with Crippen LogP contribution in [0.2, 0.25) is 0 Å². The number of esters is 2. The van der Waals surface area contributed by atoms with E-state index in [1.54, 1.807) is 109 Å². The molecule has 2 amide bonds. The molecule has 6 aromatic carbocycles. The summed E-state index contributed by atoms with van der Waals surface area (Å²) in [6.45, 7) is 9.91. The van der Waals surface area contributed by atoms with Gasteiger partial charge in [-0.15, -0.1) is 0 Å². The number of anilines is 2. The van der Waals surface area contributed by atoms with E-state index >= 15 is 0 Å². The van der Waals surface area contributed by atoms with Crippen LogP contribution in [0, 0.1) is 0 Å². The Kier molecular flexibility index (Phi) is 23.5. The fourth-order valence-electron chi connectivity index (χ4n) is 8.49. The summed E-state index contributed by atoms with van der Waals surface area (Å²) in [4.78, 5) is 53.3. The lowest BCUT2D eigenvalue weighted by Crippen LogP contribution is -2.39. The highest BCUT2D eigenvalue weighted by atomic mass is 32.2. The highest BCUT2D eigenvalue weighted by Crippen LogP contribution is 2.35. The van der Waals surface area contributed by atoms with Crippen molar-refractivity contribution in [2.24, 2.45) is 0 Å². The summed E-state index contributed by atoms with van der Waals surface area (Å²) in [6.07, 6.45) is 2.47. The van der Waals surface area contributed by atoms with E-state index in [1.165, 1.54) is 28.3 Å². The van der Waals surface area contributed by atoms with Crippen molar-refractivity contribution in [1.82, 2.24) is 9.80 Å². The lowest BCUT2D eigenvalue weighted by Gasteiger charge is -2.29. The van der Waals surface area contributed by atoms with Gasteiger partial charge in [0.1, 0.15) is 23.0 Å². The van der Waals surface area contributed by atoms with Crippen LogP contribution in [0.3, 0.4) is 0 Å². The number of hydrogen-bond donors (Lipinski definition) is 0. The van der Waals surface area contributed by atoms with E-state index in [9.17, 15) is 36.0 Å². The summed E-state index contributed by atoms with van der Waals surface area (Å²) < 4.78 is 84.3. The summed E-state index contributed by atoms with van der Waals surface area (Å²) in [5.41, 5.74) is 5.55. The minimum Gasteiger partial charge on any atom is -0.466 e. The normalized spacial score (nSPS) is 12.2. The van der Waals surface area contributed by atoms with Gasteiger partial charge in [0.25, 0.3) is 0 Å². The summed E-state index contributed by atoms with van der Waals surface area (Å²) in [5.74, 6) is 0.657. The van der Waals surface area contributed by atoms with E-state index in [4.69, 9.17) is 28.4 Å². The van der Waals surface area contributed by atoms with Gasteiger partial charge in [-0.2, -0.15) is 0 Å². The third-order valence-electron chi connectivity index (χ3n) is 13.1. The van der Waals surface area contributed by atoms with Crippen LogP contribution >= 0.6 is 0 Å². The maximum Gasteiger partial charge on any atom is 0.410 e. The van der Waals surface area contributed by atoms with Crippen molar-refractivity contribution in [2.75, 3.05) is 62.7 Å². The van der Waals surface area contributed by atoms with Crippen LogP contribution in [0.5, 0.6) is 23.0 Å². The molecule has 0 aliphatic heterocycles. The second-order valence-electron chi connectivity index (χ2n) is 19.2. The molecule has 1 unspecified atom stereocenters. The third-order valence-corrected chi connectivity index (χ3v) is 15.5. The molecular formula is C61H74N4O14S2. The Morgan fingerprint density at radius 1 is 0.506 bits per heavy atom. The fraction of sp³-hybridized carbons (Fsp3) is 0.344. The van der Waals surface area contributed by atoms with E-state index in [2.05, 4.69) is 0 Å². The number of ether oxygens (including phenoxy) is 6. The molecule has 20 heteroatoms. The van der Waals surface area contributed by atoms with Gasteiger partial charge in [0, 0.05) is 37.3 Å². The van der Waals surface area contributed by atoms with Gasteiger partial charge < -0.3 is 38.2 Å². The van der Waals surface area contributed by atoms with Crippen molar-refractivity contribution in [1.29, 1.82) is 0 Å². The second-order valence-corrected chi connectivity index (χ2v) is 23.2. The van der Waals surface area contributed by atoms with Gasteiger partial charge in [-0.05, 0) is 130 Å². The Labute approximate surface area is 477 Å². The molecule has 81 heavy (non-hydrogen) atoms. The fourth-order valence-corrected chi connectivity index (χ4v) is 9.48. The van der Waals surface area contributed by atoms with Crippen LogP contribution in [0.1, 0.15) is 73.9 Å². The van der Waals surface area contributed by atoms with Crippen LogP contribution in [0.15, 0.2) is 146 Å². The molecule has 0 spiro atoms. The molecule has 0 N–H and O–H groups in total. The van der Waals surface area contributed by atoms with Gasteiger partial charge in [0.15, 0.2) is 0 Å². The molecule has 0 aromatic heterocycles. The maximum atomic E-state index is 12.9. The van der Waals surface area contributed by atoms with Gasteiger partial charge in [-0.1, -0.05) is 84.9 Å². The molecule has 0 saturated carbocycles. The number of nitrogens with zero attached hydrogens (tertiary/aromatic N) is 4. The summed E-state index contributed by atoms with van der Waals surface area (Å²) >= 11 is 0. The highest BCUT2D eigenvalue weighted by molar-refractivity contribution is 7.92. The lowest BCUT2D eigenvalue weighted by atomic mass is 10.0. The van der Waals surface area contributed by atoms with Crippen LogP contribution in [0.4, 0.5) is 21.0 Å². The molecule has 6 rings (SSSR count). The summed E-state index contributed by atoms with van der Waals surface area (Å²) in [5, 5.41) is 0. The standard InChI is InChI=1S/C31H38N2O7S.C30H36N2O7S/c1-7-39-30(34)23(3)25-14-11-15-28(20-25)40-29-17-16-27(32(4)41(6,36)37)19-26(29)21-33(31(35)38-5)22(2)18-24-12-9-8-10-13-24;1-6-38-29(33)19-24-13-10-14-27(18-24)39-28-16-15-26(31(3)40(5,35)36)20-25(28)21-32(30(34)37-4)22(2)17-23-11-8-7-9-12-23/h8-17,19-20,22-23H,7,18,21H2,1-6H3;7-16,18,20,22H,6,17,19,21H2,1-5H3/t22-,23?;22-/m00/s1. The zero-order chi connectivity index (χ0) is 59.4. The van der Waals surface area contributed by atoms with Crippen molar-refractivity contribution < 1.29 is 64.4 Å². The number of amides is 2. The molecule has 0 radical (unpaired) electrons. The number of carbonyl (C=O) groups excluding carboxylic acids is 4. The Hall–Kier alpha value is -8.10. The number of rotatable bonds is 24. The first-order valence-corrected chi connectivity index (χ1v) is 29.9. The molecule has 6 aromatic rings. The number of methoxy groups -OCH3 is 2. The van der Waals surface area contributed by atoms with Gasteiger partial charge in [0.2, 0.25) is 20.0 Å².